The molecule has 1 heterocycles. The lowest BCUT2D eigenvalue weighted by atomic mass is 9.92. The number of benzene rings is 2. The summed E-state index contributed by atoms with van der Waals surface area (Å²) in [5, 5.41) is 0. The topological polar surface area (TPSA) is 72.5 Å². The largest absolute Gasteiger partial charge is 0.483 e. The van der Waals surface area contributed by atoms with Gasteiger partial charge in [-0.2, -0.15) is 0 Å². The van der Waals surface area contributed by atoms with Crippen LogP contribution in [-0.2, 0) is 10.0 Å². The van der Waals surface area contributed by atoms with Crippen LogP contribution in [0.4, 0.5) is 0 Å². The smallest absolute Gasteiger partial charge is 0.209 e. The van der Waals surface area contributed by atoms with E-state index in [0.29, 0.717) is 11.3 Å². The lowest BCUT2D eigenvalue weighted by Gasteiger charge is -2.32. The number of para-hydroxylation sites is 1. The van der Waals surface area contributed by atoms with Gasteiger partial charge in [0.1, 0.15) is 17.9 Å². The van der Waals surface area contributed by atoms with E-state index >= 15 is 0 Å². The van der Waals surface area contributed by atoms with Crippen molar-refractivity contribution >= 4 is 15.8 Å². The molecule has 3 rings (SSSR count). The van der Waals surface area contributed by atoms with Crippen molar-refractivity contribution in [1.29, 1.82) is 0 Å². The summed E-state index contributed by atoms with van der Waals surface area (Å²) in [7, 11) is -3.55. The molecule has 0 aromatic heterocycles. The SMILES string of the molecule is CS(=O)(=O)N[C@H]1C(=O)c2ccccc2O[C@@H]1c1ccccc1. The molecule has 5 nitrogen and oxygen atoms in total. The van der Waals surface area contributed by atoms with Gasteiger partial charge in [-0.3, -0.25) is 4.79 Å². The number of rotatable bonds is 3. The van der Waals surface area contributed by atoms with Gasteiger partial charge in [0.15, 0.2) is 5.78 Å². The van der Waals surface area contributed by atoms with E-state index in [9.17, 15) is 13.2 Å². The summed E-state index contributed by atoms with van der Waals surface area (Å²) in [6, 6.07) is 15.0. The lowest BCUT2D eigenvalue weighted by Crippen LogP contribution is -2.48. The highest BCUT2D eigenvalue weighted by Crippen LogP contribution is 2.35. The van der Waals surface area contributed by atoms with Crippen molar-refractivity contribution in [2.45, 2.75) is 12.1 Å². The summed E-state index contributed by atoms with van der Waals surface area (Å²) in [5.41, 5.74) is 1.13. The van der Waals surface area contributed by atoms with Gasteiger partial charge in [-0.15, -0.1) is 0 Å². The number of nitrogens with one attached hydrogen (secondary N) is 1. The lowest BCUT2D eigenvalue weighted by molar-refractivity contribution is 0.0767. The quantitative estimate of drug-likeness (QED) is 0.939. The van der Waals surface area contributed by atoms with Gasteiger partial charge in [0.25, 0.3) is 0 Å². The van der Waals surface area contributed by atoms with Crippen LogP contribution in [0.3, 0.4) is 0 Å². The van der Waals surface area contributed by atoms with Crippen molar-refractivity contribution in [2.24, 2.45) is 0 Å². The fourth-order valence-electron chi connectivity index (χ4n) is 2.53. The molecule has 2 aromatic carbocycles. The third-order valence-corrected chi connectivity index (χ3v) is 4.14. The Morgan fingerprint density at radius 3 is 2.32 bits per heavy atom. The molecule has 1 aliphatic rings. The van der Waals surface area contributed by atoms with Gasteiger partial charge in [0, 0.05) is 0 Å². The number of carbonyl (C=O) groups excluding carboxylic acids is 1. The molecule has 0 saturated heterocycles. The maximum absolute atomic E-state index is 12.7. The van der Waals surface area contributed by atoms with E-state index in [1.54, 1.807) is 24.3 Å². The minimum atomic E-state index is -3.55. The van der Waals surface area contributed by atoms with Gasteiger partial charge in [-0.25, -0.2) is 13.1 Å². The number of carbonyl (C=O) groups is 1. The second kappa shape index (κ2) is 5.55. The third-order valence-electron chi connectivity index (χ3n) is 3.46. The zero-order chi connectivity index (χ0) is 15.7. The van der Waals surface area contributed by atoms with E-state index < -0.39 is 22.2 Å². The average Bonchev–Trinajstić information content (AvgIpc) is 2.50. The summed E-state index contributed by atoms with van der Waals surface area (Å²) in [4.78, 5) is 12.7. The summed E-state index contributed by atoms with van der Waals surface area (Å²) < 4.78 is 31.5. The van der Waals surface area contributed by atoms with Crippen molar-refractivity contribution in [1.82, 2.24) is 4.72 Å². The zero-order valence-electron chi connectivity index (χ0n) is 11.9. The summed E-state index contributed by atoms with van der Waals surface area (Å²) in [6.07, 6.45) is 0.335. The Balaban J connectivity index is 2.08. The van der Waals surface area contributed by atoms with E-state index in [-0.39, 0.29) is 5.78 Å². The van der Waals surface area contributed by atoms with Crippen molar-refractivity contribution in [3.63, 3.8) is 0 Å². The first-order chi connectivity index (χ1) is 10.5. The van der Waals surface area contributed by atoms with Crippen LogP contribution in [0.2, 0.25) is 0 Å². The second-order valence-corrected chi connectivity index (χ2v) is 6.96. The van der Waals surface area contributed by atoms with Crippen molar-refractivity contribution < 1.29 is 17.9 Å². The molecular formula is C16H15NO4S. The van der Waals surface area contributed by atoms with Crippen molar-refractivity contribution in [2.75, 3.05) is 6.26 Å². The molecule has 1 aliphatic heterocycles. The standard InChI is InChI=1S/C16H15NO4S/c1-22(19,20)17-14-15(18)12-9-5-6-10-13(12)21-16(14)11-7-3-2-4-8-11/h2-10,14,16-17H,1H3/t14-,16+/m0/s1. The highest BCUT2D eigenvalue weighted by atomic mass is 32.2. The van der Waals surface area contributed by atoms with Crippen LogP contribution in [0.1, 0.15) is 22.0 Å². The first kappa shape index (κ1) is 14.7. The van der Waals surface area contributed by atoms with Gasteiger partial charge in [0.05, 0.1) is 11.8 Å². The van der Waals surface area contributed by atoms with Crippen molar-refractivity contribution in [3.05, 3.63) is 65.7 Å². The van der Waals surface area contributed by atoms with Gasteiger partial charge < -0.3 is 4.74 Å². The molecule has 22 heavy (non-hydrogen) atoms. The van der Waals surface area contributed by atoms with Gasteiger partial charge in [-0.05, 0) is 17.7 Å². The van der Waals surface area contributed by atoms with E-state index in [2.05, 4.69) is 4.72 Å². The van der Waals surface area contributed by atoms with Gasteiger partial charge in [-0.1, -0.05) is 42.5 Å². The molecule has 0 saturated carbocycles. The molecule has 0 bridgehead atoms. The predicted octanol–water partition coefficient (Wildman–Crippen LogP) is 1.92. The highest BCUT2D eigenvalue weighted by Gasteiger charge is 2.39. The third kappa shape index (κ3) is 2.88. The summed E-state index contributed by atoms with van der Waals surface area (Å²) in [5.74, 6) is 0.175. The number of fused-ring (bicyclic) bond motifs is 1. The number of ether oxygens (including phenoxy) is 1. The number of hydrogen-bond donors (Lipinski definition) is 1. The Morgan fingerprint density at radius 1 is 1.00 bits per heavy atom. The number of hydrogen-bond acceptors (Lipinski definition) is 4. The minimum Gasteiger partial charge on any atom is -0.483 e. The van der Waals surface area contributed by atoms with Crippen LogP contribution in [0.5, 0.6) is 5.75 Å². The second-order valence-electron chi connectivity index (χ2n) is 5.18. The Morgan fingerprint density at radius 2 is 1.64 bits per heavy atom. The maximum Gasteiger partial charge on any atom is 0.209 e. The first-order valence-corrected chi connectivity index (χ1v) is 8.67. The molecule has 114 valence electrons. The van der Waals surface area contributed by atoms with Crippen LogP contribution < -0.4 is 9.46 Å². The minimum absolute atomic E-state index is 0.291. The maximum atomic E-state index is 12.7. The Hall–Kier alpha value is -2.18. The Labute approximate surface area is 129 Å². The van der Waals surface area contributed by atoms with Crippen LogP contribution in [0, 0.1) is 0 Å². The molecule has 2 aromatic rings. The molecule has 0 amide bonds. The van der Waals surface area contributed by atoms with E-state index in [4.69, 9.17) is 4.74 Å². The fraction of sp³-hybridized carbons (Fsp3) is 0.188. The van der Waals surface area contributed by atoms with E-state index in [1.165, 1.54) is 0 Å². The number of sulfonamides is 1. The normalized spacial score (nSPS) is 21.0. The van der Waals surface area contributed by atoms with Crippen molar-refractivity contribution in [3.8, 4) is 5.75 Å². The molecule has 2 atom stereocenters. The molecule has 0 spiro atoms. The van der Waals surface area contributed by atoms with E-state index in [1.807, 2.05) is 30.3 Å². The average molecular weight is 317 g/mol. The Kier molecular flexibility index (Phi) is 3.72. The van der Waals surface area contributed by atoms with E-state index in [0.717, 1.165) is 11.8 Å². The molecule has 1 N–H and O–H groups in total. The van der Waals surface area contributed by atoms with Crippen LogP contribution in [-0.4, -0.2) is 26.5 Å². The molecule has 6 heteroatoms. The number of ketones is 1. The van der Waals surface area contributed by atoms with Gasteiger partial charge in [0.2, 0.25) is 10.0 Å². The molecule has 0 radical (unpaired) electrons. The molecular weight excluding hydrogens is 302 g/mol. The predicted molar refractivity (Wildman–Crippen MR) is 82.4 cm³/mol. The number of Topliss-reactive ketones (excluding diaryl/α,β-unsaturated/α-hetero) is 1. The van der Waals surface area contributed by atoms with Crippen LogP contribution in [0.15, 0.2) is 54.6 Å². The molecule has 0 fully saturated rings. The summed E-state index contributed by atoms with van der Waals surface area (Å²) >= 11 is 0. The van der Waals surface area contributed by atoms with Crippen LogP contribution in [0.25, 0.3) is 0 Å². The van der Waals surface area contributed by atoms with Gasteiger partial charge >= 0.3 is 0 Å². The zero-order valence-corrected chi connectivity index (χ0v) is 12.7. The fourth-order valence-corrected chi connectivity index (χ4v) is 3.22. The monoisotopic (exact) mass is 317 g/mol. The highest BCUT2D eigenvalue weighted by molar-refractivity contribution is 7.88. The molecule has 0 unspecified atom stereocenters. The summed E-state index contributed by atoms with van der Waals surface area (Å²) in [6.45, 7) is 0. The van der Waals surface area contributed by atoms with Crippen LogP contribution >= 0.6 is 0 Å². The first-order valence-electron chi connectivity index (χ1n) is 6.78. The Bertz CT molecular complexity index is 802. The molecule has 0 aliphatic carbocycles.